The van der Waals surface area contributed by atoms with E-state index in [-0.39, 0.29) is 10.9 Å². The number of thiophene rings is 1. The van der Waals surface area contributed by atoms with E-state index in [2.05, 4.69) is 16.2 Å². The molecule has 25 heavy (non-hydrogen) atoms. The second-order valence-electron chi connectivity index (χ2n) is 5.54. The quantitative estimate of drug-likeness (QED) is 0.507. The number of nitrogens with one attached hydrogen (secondary N) is 1. The smallest absolute Gasteiger partial charge is 0.306 e. The molecule has 1 heterocycles. The van der Waals surface area contributed by atoms with Gasteiger partial charge >= 0.3 is 5.97 Å². The number of ether oxygens (including phenoxy) is 1. The fourth-order valence-electron chi connectivity index (χ4n) is 2.33. The number of benzene rings is 1. The molecule has 0 unspecified atom stereocenters. The van der Waals surface area contributed by atoms with Crippen molar-refractivity contribution in [2.24, 2.45) is 0 Å². The molecule has 0 aliphatic heterocycles. The fourth-order valence-corrected chi connectivity index (χ4v) is 4.35. The van der Waals surface area contributed by atoms with Gasteiger partial charge in [0.2, 0.25) is 10.0 Å². The van der Waals surface area contributed by atoms with Gasteiger partial charge in [-0.3, -0.25) is 4.79 Å². The average Bonchev–Trinajstić information content (AvgIpc) is 3.06. The van der Waals surface area contributed by atoms with E-state index >= 15 is 0 Å². The third kappa shape index (κ3) is 6.61. The first-order valence-electron chi connectivity index (χ1n) is 8.28. The van der Waals surface area contributed by atoms with Crippen molar-refractivity contribution in [1.29, 1.82) is 0 Å². The minimum Gasteiger partial charge on any atom is -0.466 e. The van der Waals surface area contributed by atoms with E-state index in [0.29, 0.717) is 26.0 Å². The van der Waals surface area contributed by atoms with Crippen molar-refractivity contribution in [3.05, 3.63) is 52.2 Å². The van der Waals surface area contributed by atoms with Crippen LogP contribution in [0.15, 0.2) is 46.7 Å². The first-order valence-corrected chi connectivity index (χ1v) is 10.6. The molecular weight excluding hydrogens is 358 g/mol. The molecule has 0 saturated carbocycles. The van der Waals surface area contributed by atoms with Crippen LogP contribution in [0.5, 0.6) is 0 Å². The van der Waals surface area contributed by atoms with Crippen LogP contribution in [0.1, 0.15) is 30.2 Å². The standard InChI is InChI=1S/C18H23NO4S2/c1-2-23-18(20)11-10-16-13-15(14-24-16)7-6-12-19-25(21,22)17-8-4-3-5-9-17/h3-5,8-9,13-14,19H,2,6-7,10-12H2,1H3. The van der Waals surface area contributed by atoms with E-state index in [4.69, 9.17) is 4.74 Å². The molecule has 1 aromatic carbocycles. The van der Waals surface area contributed by atoms with Gasteiger partial charge in [0.15, 0.2) is 0 Å². The van der Waals surface area contributed by atoms with E-state index in [1.54, 1.807) is 48.6 Å². The van der Waals surface area contributed by atoms with Gasteiger partial charge in [-0.15, -0.1) is 11.3 Å². The number of carbonyl (C=O) groups is 1. The number of rotatable bonds is 10. The van der Waals surface area contributed by atoms with E-state index < -0.39 is 10.0 Å². The van der Waals surface area contributed by atoms with Gasteiger partial charge in [-0.1, -0.05) is 18.2 Å². The Morgan fingerprint density at radius 2 is 1.96 bits per heavy atom. The summed E-state index contributed by atoms with van der Waals surface area (Å²) >= 11 is 1.62. The monoisotopic (exact) mass is 381 g/mol. The lowest BCUT2D eigenvalue weighted by Crippen LogP contribution is -2.25. The maximum absolute atomic E-state index is 12.1. The highest BCUT2D eigenvalue weighted by molar-refractivity contribution is 7.89. The summed E-state index contributed by atoms with van der Waals surface area (Å²) in [6, 6.07) is 10.4. The number of esters is 1. The summed E-state index contributed by atoms with van der Waals surface area (Å²) in [5.74, 6) is -0.173. The van der Waals surface area contributed by atoms with Crippen LogP contribution in [-0.4, -0.2) is 27.5 Å². The number of hydrogen-bond donors (Lipinski definition) is 1. The minimum atomic E-state index is -3.43. The SMILES string of the molecule is CCOC(=O)CCc1cc(CCCNS(=O)(=O)c2ccccc2)cs1. The lowest BCUT2D eigenvalue weighted by atomic mass is 10.1. The Kier molecular flexibility index (Phi) is 7.61. The Morgan fingerprint density at radius 3 is 2.68 bits per heavy atom. The van der Waals surface area contributed by atoms with Crippen molar-refractivity contribution < 1.29 is 17.9 Å². The summed E-state index contributed by atoms with van der Waals surface area (Å²) in [7, 11) is -3.43. The first-order chi connectivity index (χ1) is 12.0. The zero-order valence-corrected chi connectivity index (χ0v) is 15.9. The van der Waals surface area contributed by atoms with Crippen LogP contribution in [-0.2, 0) is 32.4 Å². The summed E-state index contributed by atoms with van der Waals surface area (Å²) in [5, 5.41) is 2.06. The molecule has 0 spiro atoms. The Morgan fingerprint density at radius 1 is 1.20 bits per heavy atom. The predicted octanol–water partition coefficient (Wildman–Crippen LogP) is 3.15. The molecule has 1 N–H and O–H groups in total. The molecular formula is C18H23NO4S2. The van der Waals surface area contributed by atoms with Crippen LogP contribution >= 0.6 is 11.3 Å². The van der Waals surface area contributed by atoms with Crippen molar-refractivity contribution >= 4 is 27.3 Å². The van der Waals surface area contributed by atoms with Gasteiger partial charge in [0.05, 0.1) is 17.9 Å². The summed E-state index contributed by atoms with van der Waals surface area (Å²) in [4.78, 5) is 12.8. The molecule has 5 nitrogen and oxygen atoms in total. The normalized spacial score (nSPS) is 11.4. The summed E-state index contributed by atoms with van der Waals surface area (Å²) in [6.45, 7) is 2.60. The van der Waals surface area contributed by atoms with Gasteiger partial charge in [-0.05, 0) is 55.3 Å². The van der Waals surface area contributed by atoms with Crippen LogP contribution in [0.25, 0.3) is 0 Å². The highest BCUT2D eigenvalue weighted by atomic mass is 32.2. The fraction of sp³-hybridized carbons (Fsp3) is 0.389. The molecule has 7 heteroatoms. The molecule has 0 atom stereocenters. The van der Waals surface area contributed by atoms with Crippen molar-refractivity contribution in [3.63, 3.8) is 0 Å². The van der Waals surface area contributed by atoms with Crippen LogP contribution in [0.2, 0.25) is 0 Å². The highest BCUT2D eigenvalue weighted by Gasteiger charge is 2.12. The Bertz CT molecular complexity index is 769. The average molecular weight is 382 g/mol. The van der Waals surface area contributed by atoms with Gasteiger partial charge in [0, 0.05) is 11.4 Å². The maximum atomic E-state index is 12.1. The van der Waals surface area contributed by atoms with Crippen LogP contribution in [0.4, 0.5) is 0 Å². The van der Waals surface area contributed by atoms with E-state index in [9.17, 15) is 13.2 Å². The lowest BCUT2D eigenvalue weighted by molar-refractivity contribution is -0.143. The lowest BCUT2D eigenvalue weighted by Gasteiger charge is -2.06. The molecule has 1 aromatic heterocycles. The molecule has 2 rings (SSSR count). The largest absolute Gasteiger partial charge is 0.466 e. The topological polar surface area (TPSA) is 72.5 Å². The molecule has 0 amide bonds. The highest BCUT2D eigenvalue weighted by Crippen LogP contribution is 2.18. The third-order valence-electron chi connectivity index (χ3n) is 3.58. The molecule has 0 radical (unpaired) electrons. The maximum Gasteiger partial charge on any atom is 0.306 e. The van der Waals surface area contributed by atoms with Crippen LogP contribution < -0.4 is 4.72 Å². The number of sulfonamides is 1. The zero-order chi connectivity index (χ0) is 18.1. The summed E-state index contributed by atoms with van der Waals surface area (Å²) in [5.41, 5.74) is 1.17. The van der Waals surface area contributed by atoms with Gasteiger partial charge in [-0.25, -0.2) is 13.1 Å². The van der Waals surface area contributed by atoms with E-state index in [0.717, 1.165) is 17.7 Å². The minimum absolute atomic E-state index is 0.173. The summed E-state index contributed by atoms with van der Waals surface area (Å²) < 4.78 is 31.7. The third-order valence-corrected chi connectivity index (χ3v) is 6.10. The van der Waals surface area contributed by atoms with E-state index in [1.807, 2.05) is 0 Å². The predicted molar refractivity (Wildman–Crippen MR) is 99.2 cm³/mol. The van der Waals surface area contributed by atoms with Crippen LogP contribution in [0.3, 0.4) is 0 Å². The van der Waals surface area contributed by atoms with Gasteiger partial charge in [0.1, 0.15) is 0 Å². The van der Waals surface area contributed by atoms with Crippen molar-refractivity contribution in [3.8, 4) is 0 Å². The molecule has 136 valence electrons. The van der Waals surface area contributed by atoms with Gasteiger partial charge < -0.3 is 4.74 Å². The Balaban J connectivity index is 1.73. The van der Waals surface area contributed by atoms with Crippen molar-refractivity contribution in [1.82, 2.24) is 4.72 Å². The zero-order valence-electron chi connectivity index (χ0n) is 14.2. The van der Waals surface area contributed by atoms with Crippen LogP contribution in [0, 0.1) is 0 Å². The number of hydrogen-bond acceptors (Lipinski definition) is 5. The molecule has 0 bridgehead atoms. The molecule has 0 saturated heterocycles. The Labute approximate surface area is 153 Å². The second-order valence-corrected chi connectivity index (χ2v) is 8.30. The first kappa shape index (κ1) is 19.6. The molecule has 0 fully saturated rings. The molecule has 0 aliphatic rings. The Hall–Kier alpha value is -1.70. The van der Waals surface area contributed by atoms with Crippen molar-refractivity contribution in [2.45, 2.75) is 37.5 Å². The number of aryl methyl sites for hydroxylation is 2. The molecule has 2 aromatic rings. The summed E-state index contributed by atoms with van der Waals surface area (Å²) in [6.07, 6.45) is 2.60. The van der Waals surface area contributed by atoms with Gasteiger partial charge in [0.25, 0.3) is 0 Å². The second kappa shape index (κ2) is 9.70. The number of carbonyl (C=O) groups excluding carboxylic acids is 1. The van der Waals surface area contributed by atoms with Crippen molar-refractivity contribution in [2.75, 3.05) is 13.2 Å². The molecule has 0 aliphatic carbocycles. The van der Waals surface area contributed by atoms with Gasteiger partial charge in [-0.2, -0.15) is 0 Å². The van der Waals surface area contributed by atoms with E-state index in [1.165, 1.54) is 5.56 Å².